The lowest BCUT2D eigenvalue weighted by Crippen LogP contribution is -2.13. The van der Waals surface area contributed by atoms with Crippen LogP contribution in [0.4, 0.5) is 17.1 Å². The van der Waals surface area contributed by atoms with Gasteiger partial charge in [-0.15, -0.1) is 11.3 Å². The normalized spacial score (nSPS) is 11.7. The van der Waals surface area contributed by atoms with Crippen LogP contribution in [0.15, 0.2) is 218 Å². The van der Waals surface area contributed by atoms with Crippen LogP contribution >= 0.6 is 11.3 Å². The van der Waals surface area contributed by atoms with Crippen molar-refractivity contribution < 1.29 is 0 Å². The summed E-state index contributed by atoms with van der Waals surface area (Å²) in [6, 6.07) is 80.2. The summed E-state index contributed by atoms with van der Waals surface area (Å²) in [7, 11) is 0. The molecule has 298 valence electrons. The van der Waals surface area contributed by atoms with E-state index in [0.717, 1.165) is 11.4 Å². The van der Waals surface area contributed by atoms with Crippen molar-refractivity contribution in [1.82, 2.24) is 4.57 Å². The zero-order valence-electron chi connectivity index (χ0n) is 35.1. The van der Waals surface area contributed by atoms with E-state index < -0.39 is 0 Å². The number of benzene rings is 10. The average molecular weight is 823 g/mol. The summed E-state index contributed by atoms with van der Waals surface area (Å²) in [6.45, 7) is 4.55. The first kappa shape index (κ1) is 37.1. The highest BCUT2D eigenvalue weighted by Gasteiger charge is 2.24. The lowest BCUT2D eigenvalue weighted by Gasteiger charge is -2.30. The first-order valence-corrected chi connectivity index (χ1v) is 22.5. The molecule has 0 saturated heterocycles. The molecule has 0 amide bonds. The van der Waals surface area contributed by atoms with Gasteiger partial charge in [0.1, 0.15) is 0 Å². The van der Waals surface area contributed by atoms with Crippen molar-refractivity contribution in [3.63, 3.8) is 0 Å². The summed E-state index contributed by atoms with van der Waals surface area (Å²) in [4.78, 5) is 2.52. The van der Waals surface area contributed by atoms with Crippen LogP contribution in [0.25, 0.3) is 91.8 Å². The van der Waals surface area contributed by atoms with Crippen LogP contribution < -0.4 is 4.90 Å². The third-order valence-electron chi connectivity index (χ3n) is 12.8. The average Bonchev–Trinajstić information content (AvgIpc) is 3.89. The molecule has 0 fully saturated rings. The molecule has 0 atom stereocenters. The smallest absolute Gasteiger partial charge is 0.0555 e. The summed E-state index contributed by atoms with van der Waals surface area (Å²) in [6.07, 6.45) is 0. The zero-order chi connectivity index (χ0) is 42.0. The molecule has 0 saturated carbocycles. The van der Waals surface area contributed by atoms with Gasteiger partial charge in [-0.2, -0.15) is 0 Å². The standard InChI is InChI=1S/C60H42N2S/c1-39-35-47(45-28-27-42-17-6-7-18-44(42)37-45)36-40(2)59(39)62(48-31-29-43(30-32-48)41-15-4-3-5-16-41)56-34-33-50(60-58(56)53-23-10-13-26-57(53)63-60)46-19-14-20-49(38-46)61-54-24-11-8-21-51(54)52-22-9-12-25-55(52)61/h3-38H,1-2H3. The van der Waals surface area contributed by atoms with Crippen molar-refractivity contribution in [2.24, 2.45) is 0 Å². The molecule has 0 radical (unpaired) electrons. The molecule has 0 aliphatic heterocycles. The number of aromatic nitrogens is 1. The fourth-order valence-corrected chi connectivity index (χ4v) is 11.2. The van der Waals surface area contributed by atoms with E-state index in [0.29, 0.717) is 0 Å². The van der Waals surface area contributed by atoms with Crippen LogP contribution in [-0.2, 0) is 0 Å². The molecule has 2 aromatic heterocycles. The molecule has 10 aromatic carbocycles. The highest BCUT2D eigenvalue weighted by atomic mass is 32.1. The van der Waals surface area contributed by atoms with Gasteiger partial charge < -0.3 is 9.47 Å². The summed E-state index contributed by atoms with van der Waals surface area (Å²) in [5.41, 5.74) is 16.8. The third-order valence-corrected chi connectivity index (χ3v) is 14.0. The third kappa shape index (κ3) is 6.23. The summed E-state index contributed by atoms with van der Waals surface area (Å²) < 4.78 is 4.97. The Balaban J connectivity index is 1.06. The Morgan fingerprint density at radius 3 is 1.76 bits per heavy atom. The maximum atomic E-state index is 2.52. The molecule has 0 aliphatic rings. The fourth-order valence-electron chi connectivity index (χ4n) is 9.90. The molecule has 12 rings (SSSR count). The number of anilines is 3. The minimum absolute atomic E-state index is 1.12. The van der Waals surface area contributed by atoms with E-state index in [4.69, 9.17) is 0 Å². The van der Waals surface area contributed by atoms with Crippen molar-refractivity contribution in [2.75, 3.05) is 4.90 Å². The van der Waals surface area contributed by atoms with Crippen LogP contribution in [0.5, 0.6) is 0 Å². The molecule has 12 aromatic rings. The number of nitrogens with zero attached hydrogens (tertiary/aromatic N) is 2. The maximum absolute atomic E-state index is 2.52. The topological polar surface area (TPSA) is 8.17 Å². The van der Waals surface area contributed by atoms with Gasteiger partial charge in [0.05, 0.1) is 22.4 Å². The molecule has 2 heterocycles. The van der Waals surface area contributed by atoms with E-state index in [1.807, 2.05) is 11.3 Å². The second-order valence-corrected chi connectivity index (χ2v) is 17.7. The van der Waals surface area contributed by atoms with Gasteiger partial charge in [-0.25, -0.2) is 0 Å². The van der Waals surface area contributed by atoms with Gasteiger partial charge >= 0.3 is 0 Å². The highest BCUT2D eigenvalue weighted by molar-refractivity contribution is 7.26. The summed E-state index contributed by atoms with van der Waals surface area (Å²) in [5.74, 6) is 0. The Bertz CT molecular complexity index is 3630. The molecule has 3 heteroatoms. The van der Waals surface area contributed by atoms with Crippen molar-refractivity contribution in [2.45, 2.75) is 13.8 Å². The van der Waals surface area contributed by atoms with Gasteiger partial charge in [0.15, 0.2) is 0 Å². The zero-order valence-corrected chi connectivity index (χ0v) is 35.9. The molecule has 0 N–H and O–H groups in total. The molecular weight excluding hydrogens is 781 g/mol. The Kier molecular flexibility index (Phi) is 8.84. The molecule has 0 spiro atoms. The molecule has 0 aliphatic carbocycles. The van der Waals surface area contributed by atoms with E-state index in [1.165, 1.54) is 109 Å². The number of aryl methyl sites for hydroxylation is 2. The number of fused-ring (bicyclic) bond motifs is 7. The van der Waals surface area contributed by atoms with Crippen molar-refractivity contribution in [1.29, 1.82) is 0 Å². The van der Waals surface area contributed by atoms with Crippen LogP contribution in [0.1, 0.15) is 11.1 Å². The second kappa shape index (κ2) is 15.0. The molecule has 0 bridgehead atoms. The van der Waals surface area contributed by atoms with Crippen LogP contribution in [0, 0.1) is 13.8 Å². The minimum Gasteiger partial charge on any atom is -0.309 e. The second-order valence-electron chi connectivity index (χ2n) is 16.6. The highest BCUT2D eigenvalue weighted by Crippen LogP contribution is 2.50. The quantitative estimate of drug-likeness (QED) is 0.155. The van der Waals surface area contributed by atoms with Crippen molar-refractivity contribution >= 4 is 81.1 Å². The first-order valence-electron chi connectivity index (χ1n) is 21.7. The number of rotatable bonds is 7. The number of para-hydroxylation sites is 2. The van der Waals surface area contributed by atoms with Gasteiger partial charge in [-0.3, -0.25) is 0 Å². The monoisotopic (exact) mass is 822 g/mol. The van der Waals surface area contributed by atoms with Crippen LogP contribution in [-0.4, -0.2) is 4.57 Å². The summed E-state index contributed by atoms with van der Waals surface area (Å²) in [5, 5.41) is 7.57. The van der Waals surface area contributed by atoms with E-state index in [9.17, 15) is 0 Å². The number of hydrogen-bond donors (Lipinski definition) is 0. The molecule has 63 heavy (non-hydrogen) atoms. The van der Waals surface area contributed by atoms with Gasteiger partial charge in [0.25, 0.3) is 0 Å². The largest absolute Gasteiger partial charge is 0.309 e. The Morgan fingerprint density at radius 2 is 1.02 bits per heavy atom. The lowest BCUT2D eigenvalue weighted by molar-refractivity contribution is 1.18. The van der Waals surface area contributed by atoms with Gasteiger partial charge in [-0.05, 0) is 136 Å². The first-order chi connectivity index (χ1) is 31.1. The van der Waals surface area contributed by atoms with Gasteiger partial charge in [0.2, 0.25) is 0 Å². The van der Waals surface area contributed by atoms with Crippen molar-refractivity contribution in [3.05, 3.63) is 230 Å². The SMILES string of the molecule is Cc1cc(-c2ccc3ccccc3c2)cc(C)c1N(c1ccc(-c2ccccc2)cc1)c1ccc(-c2cccc(-n3c4ccccc4c4ccccc43)c2)c2sc3ccccc3c12. The summed E-state index contributed by atoms with van der Waals surface area (Å²) >= 11 is 1.89. The van der Waals surface area contributed by atoms with Gasteiger partial charge in [0, 0.05) is 42.3 Å². The number of thiophene rings is 1. The minimum atomic E-state index is 1.12. The van der Waals surface area contributed by atoms with E-state index >= 15 is 0 Å². The molecule has 0 unspecified atom stereocenters. The molecular formula is C60H42N2S. The van der Waals surface area contributed by atoms with E-state index in [-0.39, 0.29) is 0 Å². The van der Waals surface area contributed by atoms with Crippen LogP contribution in [0.2, 0.25) is 0 Å². The van der Waals surface area contributed by atoms with Crippen LogP contribution in [0.3, 0.4) is 0 Å². The van der Waals surface area contributed by atoms with Crippen molar-refractivity contribution in [3.8, 4) is 39.1 Å². The molecule has 2 nitrogen and oxygen atoms in total. The fraction of sp³-hybridized carbons (Fsp3) is 0.0333. The van der Waals surface area contributed by atoms with E-state index in [1.54, 1.807) is 0 Å². The maximum Gasteiger partial charge on any atom is 0.0555 e. The Hall–Kier alpha value is -7.72. The predicted octanol–water partition coefficient (Wildman–Crippen LogP) is 17.4. The number of hydrogen-bond acceptors (Lipinski definition) is 2. The Morgan fingerprint density at radius 1 is 0.413 bits per heavy atom. The Labute approximate surface area is 371 Å². The predicted molar refractivity (Wildman–Crippen MR) is 272 cm³/mol. The van der Waals surface area contributed by atoms with E-state index in [2.05, 4.69) is 242 Å². The van der Waals surface area contributed by atoms with Gasteiger partial charge in [-0.1, -0.05) is 152 Å². The lowest BCUT2D eigenvalue weighted by atomic mass is 9.95.